The molecule has 6 rings (SSSR count). The highest BCUT2D eigenvalue weighted by Gasteiger charge is 2.49. The van der Waals surface area contributed by atoms with Gasteiger partial charge in [0.2, 0.25) is 11.8 Å². The molecule has 4 aliphatic heterocycles. The van der Waals surface area contributed by atoms with Gasteiger partial charge < -0.3 is 15.8 Å². The van der Waals surface area contributed by atoms with Crippen molar-refractivity contribution in [3.63, 3.8) is 0 Å². The number of carbonyl (C=O) groups excluding carboxylic acids is 4. The number of nitrogens with zero attached hydrogens (tertiary/aromatic N) is 1. The summed E-state index contributed by atoms with van der Waals surface area (Å²) in [4.78, 5) is 50.3. The largest absolute Gasteiger partial charge is 0.373 e. The molecule has 170 valence electrons. The monoisotopic (exact) mass is 440 g/mol. The number of benzene rings is 1. The summed E-state index contributed by atoms with van der Waals surface area (Å²) in [5.74, 6) is -1.96. The topological polar surface area (TPSA) is 131 Å². The molecule has 1 aromatic carbocycles. The predicted molar refractivity (Wildman–Crippen MR) is 113 cm³/mol. The minimum atomic E-state index is -0.948. The van der Waals surface area contributed by atoms with Crippen LogP contribution in [0.5, 0.6) is 0 Å². The van der Waals surface area contributed by atoms with E-state index in [2.05, 4.69) is 10.6 Å². The first-order chi connectivity index (χ1) is 15.4. The average Bonchev–Trinajstić information content (AvgIpc) is 3.05. The molecule has 1 unspecified atom stereocenters. The van der Waals surface area contributed by atoms with Crippen LogP contribution < -0.4 is 16.4 Å². The number of carbonyl (C=O) groups is 4. The first kappa shape index (κ1) is 21.2. The Morgan fingerprint density at radius 2 is 1.84 bits per heavy atom. The third kappa shape index (κ3) is 3.44. The molecule has 5 aliphatic rings. The van der Waals surface area contributed by atoms with Gasteiger partial charge in [-0.05, 0) is 49.8 Å². The predicted octanol–water partition coefficient (Wildman–Crippen LogP) is 0.466. The second-order valence-electron chi connectivity index (χ2n) is 9.61. The Hall–Kier alpha value is -2.62. The minimum absolute atomic E-state index is 0.106. The molecule has 1 atom stereocenters. The lowest BCUT2D eigenvalue weighted by atomic mass is 9.66. The van der Waals surface area contributed by atoms with Gasteiger partial charge in [0.25, 0.3) is 11.8 Å². The summed E-state index contributed by atoms with van der Waals surface area (Å²) in [5.41, 5.74) is 7.43. The molecule has 2 bridgehead atoms. The number of amides is 4. The lowest BCUT2D eigenvalue weighted by Gasteiger charge is -2.53. The SMILES string of the molecule is NCC12CCC(CNCc3ccc4c(c3)C(=O)N(C3CCC(=O)NC3=O)C4=O)(CC1)OC2. The maximum atomic E-state index is 13.0. The highest BCUT2D eigenvalue weighted by atomic mass is 16.5. The second kappa shape index (κ2) is 7.75. The number of imide groups is 2. The first-order valence-electron chi connectivity index (χ1n) is 11.2. The number of nitrogens with two attached hydrogens (primary N) is 1. The Kier molecular flexibility index (Phi) is 5.15. The van der Waals surface area contributed by atoms with Gasteiger partial charge in [0.05, 0.1) is 23.3 Å². The van der Waals surface area contributed by atoms with Crippen LogP contribution >= 0.6 is 0 Å². The number of rotatable bonds is 6. The Bertz CT molecular complexity index is 982. The number of hydrogen-bond donors (Lipinski definition) is 3. The van der Waals surface area contributed by atoms with Crippen molar-refractivity contribution in [3.05, 3.63) is 34.9 Å². The second-order valence-corrected chi connectivity index (χ2v) is 9.61. The van der Waals surface area contributed by atoms with Crippen molar-refractivity contribution < 1.29 is 23.9 Å². The van der Waals surface area contributed by atoms with Gasteiger partial charge in [-0.2, -0.15) is 0 Å². The summed E-state index contributed by atoms with van der Waals surface area (Å²) in [6.45, 7) is 2.66. The zero-order valence-corrected chi connectivity index (χ0v) is 17.9. The van der Waals surface area contributed by atoms with Crippen LogP contribution in [0.15, 0.2) is 18.2 Å². The number of fused-ring (bicyclic) bond motifs is 4. The van der Waals surface area contributed by atoms with Gasteiger partial charge in [0.15, 0.2) is 0 Å². The molecule has 1 aliphatic carbocycles. The Morgan fingerprint density at radius 3 is 2.50 bits per heavy atom. The molecule has 0 radical (unpaired) electrons. The summed E-state index contributed by atoms with van der Waals surface area (Å²) < 4.78 is 6.19. The minimum Gasteiger partial charge on any atom is -0.373 e. The number of nitrogens with one attached hydrogen (secondary N) is 2. The van der Waals surface area contributed by atoms with E-state index in [1.807, 2.05) is 6.07 Å². The van der Waals surface area contributed by atoms with E-state index in [1.54, 1.807) is 12.1 Å². The number of ether oxygens (including phenoxy) is 1. The molecule has 4 amide bonds. The average molecular weight is 441 g/mol. The standard InChI is InChI=1S/C23H28N4O5/c24-11-22-5-7-23(8-6-22,32-13-22)12-25-10-14-1-2-15-16(9-14)21(31)27(20(15)30)17-3-4-18(28)26-19(17)29/h1-2,9,17,25H,3-8,10-13,24H2,(H,26,28,29). The van der Waals surface area contributed by atoms with E-state index in [9.17, 15) is 19.2 Å². The zero-order valence-electron chi connectivity index (χ0n) is 17.9. The van der Waals surface area contributed by atoms with Crippen LogP contribution in [-0.2, 0) is 20.9 Å². The molecule has 9 nitrogen and oxygen atoms in total. The fourth-order valence-corrected chi connectivity index (χ4v) is 5.38. The van der Waals surface area contributed by atoms with Gasteiger partial charge in [0, 0.05) is 31.5 Å². The van der Waals surface area contributed by atoms with Gasteiger partial charge in [0.1, 0.15) is 6.04 Å². The van der Waals surface area contributed by atoms with Crippen molar-refractivity contribution in [2.75, 3.05) is 19.7 Å². The Labute approximate surface area is 186 Å². The first-order valence-corrected chi connectivity index (χ1v) is 11.2. The van der Waals surface area contributed by atoms with Gasteiger partial charge >= 0.3 is 0 Å². The van der Waals surface area contributed by atoms with Gasteiger partial charge in [-0.1, -0.05) is 6.07 Å². The molecular formula is C23H28N4O5. The molecule has 9 heteroatoms. The van der Waals surface area contributed by atoms with Crippen LogP contribution in [0, 0.1) is 5.41 Å². The maximum Gasteiger partial charge on any atom is 0.262 e. The molecule has 1 aromatic rings. The molecule has 0 aromatic heterocycles. The van der Waals surface area contributed by atoms with Crippen molar-refractivity contribution in [1.29, 1.82) is 0 Å². The van der Waals surface area contributed by atoms with Crippen LogP contribution in [0.2, 0.25) is 0 Å². The van der Waals surface area contributed by atoms with Crippen molar-refractivity contribution >= 4 is 23.6 Å². The molecule has 1 saturated carbocycles. The van der Waals surface area contributed by atoms with E-state index in [-0.39, 0.29) is 29.8 Å². The smallest absolute Gasteiger partial charge is 0.262 e. The van der Waals surface area contributed by atoms with Crippen LogP contribution in [-0.4, -0.2) is 59.9 Å². The molecule has 4 fully saturated rings. The van der Waals surface area contributed by atoms with Crippen molar-refractivity contribution in [2.24, 2.45) is 11.1 Å². The third-order valence-corrected chi connectivity index (χ3v) is 7.62. The Morgan fingerprint density at radius 1 is 1.09 bits per heavy atom. The molecule has 3 saturated heterocycles. The summed E-state index contributed by atoms with van der Waals surface area (Å²) in [6.07, 6.45) is 4.44. The molecule has 4 heterocycles. The molecule has 0 spiro atoms. The quantitative estimate of drug-likeness (QED) is 0.548. The molecule has 4 N–H and O–H groups in total. The lowest BCUT2D eigenvalue weighted by Crippen LogP contribution is -2.57. The lowest BCUT2D eigenvalue weighted by molar-refractivity contribution is -0.177. The maximum absolute atomic E-state index is 13.0. The van der Waals surface area contributed by atoms with E-state index in [0.717, 1.165) is 49.3 Å². The Balaban J connectivity index is 1.24. The summed E-state index contributed by atoms with van der Waals surface area (Å²) in [7, 11) is 0. The molecular weight excluding hydrogens is 412 g/mol. The van der Waals surface area contributed by atoms with Gasteiger partial charge in [-0.15, -0.1) is 0 Å². The normalized spacial score (nSPS) is 31.8. The summed E-state index contributed by atoms with van der Waals surface area (Å²) in [6, 6.07) is 4.24. The fraction of sp³-hybridized carbons (Fsp3) is 0.565. The van der Waals surface area contributed by atoms with Gasteiger partial charge in [-0.3, -0.25) is 29.4 Å². The van der Waals surface area contributed by atoms with E-state index >= 15 is 0 Å². The van der Waals surface area contributed by atoms with Crippen molar-refractivity contribution in [1.82, 2.24) is 15.5 Å². The summed E-state index contributed by atoms with van der Waals surface area (Å²) in [5, 5.41) is 5.66. The van der Waals surface area contributed by atoms with Crippen molar-refractivity contribution in [2.45, 2.75) is 56.7 Å². The van der Waals surface area contributed by atoms with Crippen LogP contribution in [0.3, 0.4) is 0 Å². The summed E-state index contributed by atoms with van der Waals surface area (Å²) >= 11 is 0. The van der Waals surface area contributed by atoms with E-state index in [4.69, 9.17) is 10.5 Å². The molecule has 32 heavy (non-hydrogen) atoms. The van der Waals surface area contributed by atoms with E-state index < -0.39 is 23.8 Å². The van der Waals surface area contributed by atoms with Gasteiger partial charge in [-0.25, -0.2) is 0 Å². The third-order valence-electron chi connectivity index (χ3n) is 7.62. The highest BCUT2D eigenvalue weighted by molar-refractivity contribution is 6.23. The van der Waals surface area contributed by atoms with E-state index in [0.29, 0.717) is 24.2 Å². The number of hydrogen-bond acceptors (Lipinski definition) is 7. The van der Waals surface area contributed by atoms with E-state index in [1.165, 1.54) is 0 Å². The number of piperidine rings is 1. The zero-order chi connectivity index (χ0) is 22.5. The fourth-order valence-electron chi connectivity index (χ4n) is 5.38. The van der Waals surface area contributed by atoms with Crippen molar-refractivity contribution in [3.8, 4) is 0 Å². The van der Waals surface area contributed by atoms with Crippen LogP contribution in [0.4, 0.5) is 0 Å². The highest BCUT2D eigenvalue weighted by Crippen LogP contribution is 2.48. The van der Waals surface area contributed by atoms with Crippen LogP contribution in [0.1, 0.15) is 64.8 Å². The van der Waals surface area contributed by atoms with Crippen LogP contribution in [0.25, 0.3) is 0 Å².